The average molecular weight is 532 g/mol. The Morgan fingerprint density at radius 1 is 1.03 bits per heavy atom. The molecule has 2 aromatic rings. The Morgan fingerprint density at radius 3 is 2.30 bits per heavy atom. The van der Waals surface area contributed by atoms with E-state index in [4.69, 9.17) is 9.47 Å². The SMILES string of the molecule is CCS(=O)(=O)N(CC(=O)N(CCc1ccccc1)[C@@H](C)C(=O)NC(C)(C)C)c1ccc2c(c1)OCCO2. The number of fused-ring (bicyclic) bond motifs is 1. The molecule has 0 aromatic heterocycles. The zero-order chi connectivity index (χ0) is 27.2. The number of carbonyl (C=O) groups excluding carboxylic acids is 2. The van der Waals surface area contributed by atoms with Crippen LogP contribution in [0.1, 0.15) is 40.2 Å². The minimum Gasteiger partial charge on any atom is -0.486 e. The molecule has 1 atom stereocenters. The van der Waals surface area contributed by atoms with Crippen LogP contribution in [-0.2, 0) is 26.0 Å². The van der Waals surface area contributed by atoms with Gasteiger partial charge in [0.05, 0.1) is 11.4 Å². The van der Waals surface area contributed by atoms with Crippen LogP contribution in [0.15, 0.2) is 48.5 Å². The van der Waals surface area contributed by atoms with Gasteiger partial charge in [-0.2, -0.15) is 0 Å². The third kappa shape index (κ3) is 7.61. The average Bonchev–Trinajstić information content (AvgIpc) is 2.86. The van der Waals surface area contributed by atoms with E-state index < -0.39 is 34.1 Å². The zero-order valence-electron chi connectivity index (χ0n) is 22.2. The summed E-state index contributed by atoms with van der Waals surface area (Å²) >= 11 is 0. The first-order valence-corrected chi connectivity index (χ1v) is 14.1. The summed E-state index contributed by atoms with van der Waals surface area (Å²) in [5.74, 6) is -0.0326. The van der Waals surface area contributed by atoms with Crippen LogP contribution in [0, 0.1) is 0 Å². The molecule has 0 fully saturated rings. The van der Waals surface area contributed by atoms with Crippen molar-refractivity contribution in [1.82, 2.24) is 10.2 Å². The highest BCUT2D eigenvalue weighted by Crippen LogP contribution is 2.35. The molecule has 10 heteroatoms. The molecule has 0 unspecified atom stereocenters. The number of nitrogens with one attached hydrogen (secondary N) is 1. The van der Waals surface area contributed by atoms with Crippen molar-refractivity contribution in [3.63, 3.8) is 0 Å². The minimum atomic E-state index is -3.82. The number of anilines is 1. The highest BCUT2D eigenvalue weighted by atomic mass is 32.2. The molecule has 9 nitrogen and oxygen atoms in total. The molecule has 0 aliphatic carbocycles. The maximum absolute atomic E-state index is 13.7. The van der Waals surface area contributed by atoms with Crippen molar-refractivity contribution in [2.45, 2.75) is 52.6 Å². The normalized spacial score (nSPS) is 14.0. The van der Waals surface area contributed by atoms with Crippen molar-refractivity contribution >= 4 is 27.5 Å². The molecule has 0 radical (unpaired) electrons. The number of amides is 2. The van der Waals surface area contributed by atoms with Crippen LogP contribution in [0.4, 0.5) is 5.69 Å². The highest BCUT2D eigenvalue weighted by molar-refractivity contribution is 7.92. The van der Waals surface area contributed by atoms with Gasteiger partial charge in [0.2, 0.25) is 21.8 Å². The topological polar surface area (TPSA) is 105 Å². The summed E-state index contributed by atoms with van der Waals surface area (Å²) in [5.41, 5.74) is 0.824. The fourth-order valence-electron chi connectivity index (χ4n) is 3.95. The Morgan fingerprint density at radius 2 is 1.68 bits per heavy atom. The molecule has 0 saturated carbocycles. The summed E-state index contributed by atoms with van der Waals surface area (Å²) < 4.78 is 38.5. The van der Waals surface area contributed by atoms with Crippen molar-refractivity contribution in [1.29, 1.82) is 0 Å². The molecule has 0 spiro atoms. The number of sulfonamides is 1. The van der Waals surface area contributed by atoms with E-state index in [9.17, 15) is 18.0 Å². The predicted molar refractivity (Wildman–Crippen MR) is 143 cm³/mol. The molecular weight excluding hydrogens is 494 g/mol. The van der Waals surface area contributed by atoms with Gasteiger partial charge in [0.1, 0.15) is 25.8 Å². The minimum absolute atomic E-state index is 0.196. The smallest absolute Gasteiger partial charge is 0.244 e. The van der Waals surface area contributed by atoms with Crippen LogP contribution < -0.4 is 19.1 Å². The predicted octanol–water partition coefficient (Wildman–Crippen LogP) is 2.99. The molecule has 2 aromatic carbocycles. The molecular formula is C27H37N3O6S. The van der Waals surface area contributed by atoms with E-state index >= 15 is 0 Å². The second kappa shape index (κ2) is 11.9. The van der Waals surface area contributed by atoms with Crippen molar-refractivity contribution < 1.29 is 27.5 Å². The van der Waals surface area contributed by atoms with Crippen LogP contribution in [0.2, 0.25) is 0 Å². The van der Waals surface area contributed by atoms with E-state index in [2.05, 4.69) is 5.32 Å². The molecule has 2 amide bonds. The van der Waals surface area contributed by atoms with Gasteiger partial charge in [0.15, 0.2) is 11.5 Å². The van der Waals surface area contributed by atoms with Crippen molar-refractivity contribution in [2.75, 3.05) is 36.4 Å². The van der Waals surface area contributed by atoms with Crippen LogP contribution in [-0.4, -0.2) is 68.8 Å². The summed E-state index contributed by atoms with van der Waals surface area (Å²) in [5, 5.41) is 2.92. The third-order valence-electron chi connectivity index (χ3n) is 5.94. The Balaban J connectivity index is 1.90. The fraction of sp³-hybridized carbons (Fsp3) is 0.481. The Bertz CT molecular complexity index is 1190. The standard InChI is InChI=1S/C27H37N3O6S/c1-6-37(33,34)30(22-12-13-23-24(18-22)36-17-16-35-23)19-25(31)29(15-14-21-10-8-7-9-11-21)20(2)26(32)28-27(3,4)5/h7-13,18,20H,6,14-17,19H2,1-5H3,(H,28,32)/t20-/m0/s1. The molecule has 0 saturated heterocycles. The van der Waals surface area contributed by atoms with Gasteiger partial charge < -0.3 is 19.7 Å². The molecule has 0 bridgehead atoms. The van der Waals surface area contributed by atoms with E-state index in [-0.39, 0.29) is 18.2 Å². The van der Waals surface area contributed by atoms with Gasteiger partial charge in [-0.3, -0.25) is 13.9 Å². The quantitative estimate of drug-likeness (QED) is 0.505. The van der Waals surface area contributed by atoms with Gasteiger partial charge in [-0.1, -0.05) is 30.3 Å². The first-order valence-electron chi connectivity index (χ1n) is 12.5. The van der Waals surface area contributed by atoms with E-state index in [1.165, 1.54) is 11.8 Å². The number of ether oxygens (including phenoxy) is 2. The van der Waals surface area contributed by atoms with Gasteiger partial charge in [-0.15, -0.1) is 0 Å². The van der Waals surface area contributed by atoms with Gasteiger partial charge in [0, 0.05) is 18.2 Å². The van der Waals surface area contributed by atoms with E-state index in [1.54, 1.807) is 25.1 Å². The second-order valence-electron chi connectivity index (χ2n) is 9.97. The van der Waals surface area contributed by atoms with Crippen LogP contribution in [0.25, 0.3) is 0 Å². The number of nitrogens with zero attached hydrogens (tertiary/aromatic N) is 2. The molecule has 1 aliphatic rings. The van der Waals surface area contributed by atoms with Gasteiger partial charge in [-0.05, 0) is 58.7 Å². The lowest BCUT2D eigenvalue weighted by atomic mass is 10.1. The number of carbonyl (C=O) groups is 2. The number of rotatable bonds is 10. The summed E-state index contributed by atoms with van der Waals surface area (Å²) in [7, 11) is -3.82. The van der Waals surface area contributed by atoms with Crippen molar-refractivity contribution in [3.05, 3.63) is 54.1 Å². The number of hydrogen-bond donors (Lipinski definition) is 1. The lowest BCUT2D eigenvalue weighted by molar-refractivity contribution is -0.139. The molecule has 1 aliphatic heterocycles. The first kappa shape index (κ1) is 28.3. The van der Waals surface area contributed by atoms with Crippen molar-refractivity contribution in [3.8, 4) is 11.5 Å². The van der Waals surface area contributed by atoms with E-state index in [0.29, 0.717) is 36.8 Å². The highest BCUT2D eigenvalue weighted by Gasteiger charge is 2.32. The summed E-state index contributed by atoms with van der Waals surface area (Å²) in [6.07, 6.45) is 0.518. The molecule has 202 valence electrons. The first-order chi connectivity index (χ1) is 17.4. The van der Waals surface area contributed by atoms with Gasteiger partial charge >= 0.3 is 0 Å². The fourth-order valence-corrected chi connectivity index (χ4v) is 5.00. The molecule has 37 heavy (non-hydrogen) atoms. The maximum atomic E-state index is 13.7. The Hall–Kier alpha value is -3.27. The van der Waals surface area contributed by atoms with Crippen LogP contribution >= 0.6 is 0 Å². The van der Waals surface area contributed by atoms with Crippen molar-refractivity contribution in [2.24, 2.45) is 0 Å². The molecule has 3 rings (SSSR count). The monoisotopic (exact) mass is 531 g/mol. The maximum Gasteiger partial charge on any atom is 0.244 e. The number of hydrogen-bond acceptors (Lipinski definition) is 6. The Labute approximate surface area is 219 Å². The van der Waals surface area contributed by atoms with E-state index in [0.717, 1.165) is 9.87 Å². The summed E-state index contributed by atoms with van der Waals surface area (Å²) in [6.45, 7) is 9.35. The molecule has 1 N–H and O–H groups in total. The van der Waals surface area contributed by atoms with Gasteiger partial charge in [-0.25, -0.2) is 8.42 Å². The van der Waals surface area contributed by atoms with E-state index in [1.807, 2.05) is 51.1 Å². The second-order valence-corrected chi connectivity index (χ2v) is 12.2. The number of benzene rings is 2. The Kier molecular flexibility index (Phi) is 9.07. The summed E-state index contributed by atoms with van der Waals surface area (Å²) in [6, 6.07) is 13.6. The largest absolute Gasteiger partial charge is 0.486 e. The molecule has 1 heterocycles. The van der Waals surface area contributed by atoms with Crippen LogP contribution in [0.3, 0.4) is 0 Å². The lowest BCUT2D eigenvalue weighted by Gasteiger charge is -2.33. The zero-order valence-corrected chi connectivity index (χ0v) is 23.0. The van der Waals surface area contributed by atoms with Gasteiger partial charge in [0.25, 0.3) is 0 Å². The van der Waals surface area contributed by atoms with Crippen LogP contribution in [0.5, 0.6) is 11.5 Å². The summed E-state index contributed by atoms with van der Waals surface area (Å²) in [4.78, 5) is 28.2. The lowest BCUT2D eigenvalue weighted by Crippen LogP contribution is -2.55. The third-order valence-corrected chi connectivity index (χ3v) is 7.68.